The monoisotopic (exact) mass is 480 g/mol. The highest BCUT2D eigenvalue weighted by molar-refractivity contribution is 7.99. The normalized spacial score (nSPS) is 17.0. The summed E-state index contributed by atoms with van der Waals surface area (Å²) in [6, 6.07) is 16.3. The molecule has 5 nitrogen and oxygen atoms in total. The number of alkyl halides is 2. The second-order valence-electron chi connectivity index (χ2n) is 9.50. The Morgan fingerprint density at radius 2 is 1.76 bits per heavy atom. The number of carbonyl (C=O) groups excluding carboxylic acids is 1. The maximum atomic E-state index is 13.7. The number of halogens is 2. The molecule has 0 bridgehead atoms. The highest BCUT2D eigenvalue weighted by Crippen LogP contribution is 2.43. The number of anilines is 1. The molecule has 0 saturated heterocycles. The van der Waals surface area contributed by atoms with Gasteiger partial charge in [-0.2, -0.15) is 0 Å². The summed E-state index contributed by atoms with van der Waals surface area (Å²) in [5.74, 6) is -2.32. The van der Waals surface area contributed by atoms with Gasteiger partial charge in [-0.05, 0) is 31.5 Å². The molecule has 1 aromatic heterocycles. The van der Waals surface area contributed by atoms with Gasteiger partial charge in [-0.3, -0.25) is 9.69 Å². The molecule has 34 heavy (non-hydrogen) atoms. The fourth-order valence-electron chi connectivity index (χ4n) is 4.39. The van der Waals surface area contributed by atoms with Crippen LogP contribution in [0.25, 0.3) is 0 Å². The molecule has 2 aliphatic heterocycles. The Morgan fingerprint density at radius 3 is 2.41 bits per heavy atom. The molecule has 0 N–H and O–H groups in total. The van der Waals surface area contributed by atoms with E-state index in [4.69, 9.17) is 4.99 Å². The summed E-state index contributed by atoms with van der Waals surface area (Å²) < 4.78 is 29.4. The number of aromatic nitrogens is 1. The summed E-state index contributed by atoms with van der Waals surface area (Å²) in [7, 11) is 1.76. The van der Waals surface area contributed by atoms with Crippen LogP contribution in [0, 0.1) is 0 Å². The van der Waals surface area contributed by atoms with Gasteiger partial charge in [0.05, 0.1) is 28.4 Å². The second-order valence-corrected chi connectivity index (χ2v) is 10.6. The molecule has 3 aromatic rings. The fourth-order valence-corrected chi connectivity index (χ4v) is 5.43. The quantitative estimate of drug-likeness (QED) is 0.461. The van der Waals surface area contributed by atoms with Crippen molar-refractivity contribution in [3.63, 3.8) is 0 Å². The molecule has 0 aliphatic carbocycles. The zero-order chi connectivity index (χ0) is 24.3. The third-order valence-electron chi connectivity index (χ3n) is 6.08. The van der Waals surface area contributed by atoms with E-state index >= 15 is 0 Å². The predicted molar refractivity (Wildman–Crippen MR) is 131 cm³/mol. The van der Waals surface area contributed by atoms with Gasteiger partial charge in [-0.15, -0.1) is 0 Å². The Bertz CT molecular complexity index is 1280. The predicted octanol–water partition coefficient (Wildman–Crippen LogP) is 5.84. The Morgan fingerprint density at radius 1 is 1.09 bits per heavy atom. The fraction of sp³-hybridized carbons (Fsp3) is 0.308. The number of fused-ring (bicyclic) bond motifs is 3. The van der Waals surface area contributed by atoms with E-state index < -0.39 is 5.92 Å². The Balaban J connectivity index is 1.59. The summed E-state index contributed by atoms with van der Waals surface area (Å²) in [5.41, 5.74) is 2.04. The molecule has 0 fully saturated rings. The van der Waals surface area contributed by atoms with Gasteiger partial charge in [-0.25, -0.2) is 13.8 Å². The summed E-state index contributed by atoms with van der Waals surface area (Å²) in [6.07, 6.45) is 1.99. The van der Waals surface area contributed by atoms with Gasteiger partial charge in [0.15, 0.2) is 0 Å². The van der Waals surface area contributed by atoms with Gasteiger partial charge >= 0.3 is 0 Å². The molecule has 0 unspecified atom stereocenters. The minimum absolute atomic E-state index is 0.0149. The zero-order valence-corrected chi connectivity index (χ0v) is 20.4. The average Bonchev–Trinajstić information content (AvgIpc) is 3.30. The molecule has 2 aliphatic rings. The standard InChI is InChI=1S/C26H26F2N4OS/c1-25(2)16-32-20-15-31(14-17-10-12-18(13-11-17)26(3,27)28)23(34-19-8-6-5-7-9-19)21(20)22(33)30(4)24(32)29-25/h5-13,15H,14,16H2,1-4H3. The Labute approximate surface area is 202 Å². The first-order valence-electron chi connectivity index (χ1n) is 11.1. The smallest absolute Gasteiger partial charge is 0.270 e. The lowest BCUT2D eigenvalue weighted by atomic mass is 10.1. The van der Waals surface area contributed by atoms with Crippen LogP contribution in [0.5, 0.6) is 0 Å². The molecular weight excluding hydrogens is 454 g/mol. The van der Waals surface area contributed by atoms with Crippen LogP contribution in [0.1, 0.15) is 42.3 Å². The van der Waals surface area contributed by atoms with Gasteiger partial charge in [0.2, 0.25) is 5.96 Å². The molecular formula is C26H26F2N4OS. The van der Waals surface area contributed by atoms with Crippen molar-refractivity contribution in [1.29, 1.82) is 0 Å². The first kappa shape index (κ1) is 22.7. The van der Waals surface area contributed by atoms with Gasteiger partial charge < -0.3 is 9.47 Å². The lowest BCUT2D eigenvalue weighted by molar-refractivity contribution is 0.0174. The van der Waals surface area contributed by atoms with E-state index in [1.807, 2.05) is 41.1 Å². The van der Waals surface area contributed by atoms with Crippen molar-refractivity contribution in [1.82, 2.24) is 9.47 Å². The molecule has 5 rings (SSSR count). The van der Waals surface area contributed by atoms with Crippen LogP contribution < -0.4 is 4.90 Å². The van der Waals surface area contributed by atoms with Crippen molar-refractivity contribution in [2.75, 3.05) is 18.5 Å². The van der Waals surface area contributed by atoms with Gasteiger partial charge in [0, 0.05) is 37.2 Å². The van der Waals surface area contributed by atoms with Crippen molar-refractivity contribution < 1.29 is 13.6 Å². The van der Waals surface area contributed by atoms with Crippen molar-refractivity contribution in [3.8, 4) is 0 Å². The largest absolute Gasteiger partial charge is 0.335 e. The minimum atomic E-state index is -2.88. The summed E-state index contributed by atoms with van der Waals surface area (Å²) in [5, 5.41) is 0.826. The van der Waals surface area contributed by atoms with Crippen LogP contribution >= 0.6 is 11.8 Å². The van der Waals surface area contributed by atoms with E-state index in [1.54, 1.807) is 24.1 Å². The lowest BCUT2D eigenvalue weighted by Crippen LogP contribution is -2.48. The van der Waals surface area contributed by atoms with Crippen LogP contribution in [-0.4, -0.2) is 40.5 Å². The van der Waals surface area contributed by atoms with Crippen molar-refractivity contribution in [2.45, 2.75) is 48.7 Å². The van der Waals surface area contributed by atoms with Crippen molar-refractivity contribution in [3.05, 3.63) is 77.5 Å². The molecule has 0 saturated carbocycles. The number of nitrogens with zero attached hydrogens (tertiary/aromatic N) is 4. The summed E-state index contributed by atoms with van der Waals surface area (Å²) >= 11 is 1.53. The van der Waals surface area contributed by atoms with Crippen LogP contribution in [-0.2, 0) is 12.5 Å². The average molecular weight is 481 g/mol. The van der Waals surface area contributed by atoms with E-state index in [0.29, 0.717) is 24.6 Å². The van der Waals surface area contributed by atoms with Crippen LogP contribution in [0.2, 0.25) is 0 Å². The maximum absolute atomic E-state index is 13.7. The molecule has 2 aromatic carbocycles. The van der Waals surface area contributed by atoms with E-state index in [-0.39, 0.29) is 17.0 Å². The maximum Gasteiger partial charge on any atom is 0.270 e. The van der Waals surface area contributed by atoms with Gasteiger partial charge in [0.25, 0.3) is 11.8 Å². The first-order chi connectivity index (χ1) is 16.0. The summed E-state index contributed by atoms with van der Waals surface area (Å²) in [4.78, 5) is 23.0. The topological polar surface area (TPSA) is 40.8 Å². The Hall–Kier alpha value is -3.13. The first-order valence-corrected chi connectivity index (χ1v) is 11.9. The third kappa shape index (κ3) is 4.00. The Kier molecular flexibility index (Phi) is 5.31. The van der Waals surface area contributed by atoms with Crippen molar-refractivity contribution in [2.24, 2.45) is 4.99 Å². The number of guanidine groups is 1. The molecule has 176 valence electrons. The number of carbonyl (C=O) groups is 1. The molecule has 3 heterocycles. The number of rotatable bonds is 5. The molecule has 0 radical (unpaired) electrons. The number of aliphatic imine (C=N–C) groups is 1. The number of amides is 1. The number of hydrogen-bond donors (Lipinski definition) is 0. The highest BCUT2D eigenvalue weighted by atomic mass is 32.2. The van der Waals surface area contributed by atoms with Crippen LogP contribution in [0.4, 0.5) is 14.5 Å². The van der Waals surface area contributed by atoms with E-state index in [2.05, 4.69) is 18.7 Å². The lowest BCUT2D eigenvalue weighted by Gasteiger charge is -2.32. The third-order valence-corrected chi connectivity index (χ3v) is 7.22. The van der Waals surface area contributed by atoms with Crippen molar-refractivity contribution >= 4 is 29.3 Å². The minimum Gasteiger partial charge on any atom is -0.335 e. The summed E-state index contributed by atoms with van der Waals surface area (Å²) in [6.45, 7) is 6.14. The SMILES string of the molecule is CN1C(=O)c2c(cn(Cc3ccc(C(C)(F)F)cc3)c2Sc2ccccc2)N2CC(C)(C)N=C12. The number of hydrogen-bond acceptors (Lipinski definition) is 4. The van der Waals surface area contributed by atoms with Gasteiger partial charge in [-0.1, -0.05) is 54.2 Å². The second kappa shape index (κ2) is 7.98. The molecule has 1 amide bonds. The van der Waals surface area contributed by atoms with E-state index in [1.165, 1.54) is 23.9 Å². The van der Waals surface area contributed by atoms with E-state index in [9.17, 15) is 13.6 Å². The van der Waals surface area contributed by atoms with E-state index in [0.717, 1.165) is 28.1 Å². The highest BCUT2D eigenvalue weighted by Gasteiger charge is 2.44. The molecule has 8 heteroatoms. The number of benzene rings is 2. The zero-order valence-electron chi connectivity index (χ0n) is 19.5. The van der Waals surface area contributed by atoms with Gasteiger partial charge in [0.1, 0.15) is 0 Å². The van der Waals surface area contributed by atoms with Crippen LogP contribution in [0.15, 0.2) is 75.7 Å². The molecule has 0 atom stereocenters. The van der Waals surface area contributed by atoms with Crippen LogP contribution in [0.3, 0.4) is 0 Å². The molecule has 0 spiro atoms.